The Kier molecular flexibility index (Phi) is 5.41. The van der Waals surface area contributed by atoms with E-state index < -0.39 is 5.97 Å². The molecule has 1 saturated carbocycles. The van der Waals surface area contributed by atoms with E-state index in [-0.39, 0.29) is 24.4 Å². The van der Waals surface area contributed by atoms with E-state index in [4.69, 9.17) is 10.8 Å². The van der Waals surface area contributed by atoms with Gasteiger partial charge in [-0.2, -0.15) is 0 Å². The number of nitrogens with two attached hydrogens (primary N) is 1. The summed E-state index contributed by atoms with van der Waals surface area (Å²) >= 11 is 0. The van der Waals surface area contributed by atoms with Crippen LogP contribution in [0.3, 0.4) is 0 Å². The average molecular weight is 242 g/mol. The van der Waals surface area contributed by atoms with Gasteiger partial charge in [0, 0.05) is 18.5 Å². The highest BCUT2D eigenvalue weighted by atomic mass is 16.4. The van der Waals surface area contributed by atoms with Gasteiger partial charge in [0.25, 0.3) is 0 Å². The highest BCUT2D eigenvalue weighted by molar-refractivity contribution is 5.77. The molecule has 1 rings (SSSR count). The van der Waals surface area contributed by atoms with Crippen LogP contribution < -0.4 is 11.1 Å². The minimum absolute atomic E-state index is 0.0314. The molecule has 5 nitrogen and oxygen atoms in total. The van der Waals surface area contributed by atoms with Crippen molar-refractivity contribution in [3.63, 3.8) is 0 Å². The van der Waals surface area contributed by atoms with E-state index in [2.05, 4.69) is 5.32 Å². The quantitative estimate of drug-likeness (QED) is 0.589. The molecule has 0 heterocycles. The molecule has 1 aliphatic rings. The smallest absolute Gasteiger partial charge is 0.305 e. The van der Waals surface area contributed by atoms with E-state index in [1.807, 2.05) is 6.92 Å². The predicted octanol–water partition coefficient (Wildman–Crippen LogP) is 0.873. The van der Waals surface area contributed by atoms with E-state index in [0.717, 1.165) is 25.7 Å². The van der Waals surface area contributed by atoms with Crippen LogP contribution in [0.4, 0.5) is 0 Å². The summed E-state index contributed by atoms with van der Waals surface area (Å²) in [7, 11) is 0. The molecule has 2 unspecified atom stereocenters. The first-order valence-corrected chi connectivity index (χ1v) is 6.25. The summed E-state index contributed by atoms with van der Waals surface area (Å²) < 4.78 is 0. The molecule has 1 amide bonds. The Morgan fingerprint density at radius 2 is 2.12 bits per heavy atom. The van der Waals surface area contributed by atoms with Crippen LogP contribution in [-0.4, -0.2) is 29.1 Å². The summed E-state index contributed by atoms with van der Waals surface area (Å²) in [6.45, 7) is 1.91. The van der Waals surface area contributed by atoms with Crippen LogP contribution >= 0.6 is 0 Å². The molecule has 0 saturated heterocycles. The standard InChI is InChI=1S/C12H22N2O3/c1-8(13)3-2-4-11(15)14-10(7-12(16)17)9-5-6-9/h8-10H,2-7,13H2,1H3,(H,14,15)(H,16,17). The van der Waals surface area contributed by atoms with Gasteiger partial charge in [0.2, 0.25) is 5.91 Å². The molecule has 2 atom stereocenters. The van der Waals surface area contributed by atoms with Gasteiger partial charge in [0.15, 0.2) is 0 Å². The fourth-order valence-electron chi connectivity index (χ4n) is 1.89. The number of aliphatic carboxylic acids is 1. The molecule has 0 aromatic heterocycles. The van der Waals surface area contributed by atoms with Gasteiger partial charge >= 0.3 is 5.97 Å². The number of amides is 1. The van der Waals surface area contributed by atoms with Crippen molar-refractivity contribution in [3.05, 3.63) is 0 Å². The van der Waals surface area contributed by atoms with Crippen molar-refractivity contribution in [1.82, 2.24) is 5.32 Å². The van der Waals surface area contributed by atoms with Crippen molar-refractivity contribution in [2.75, 3.05) is 0 Å². The summed E-state index contributed by atoms with van der Waals surface area (Å²) in [5.74, 6) is -0.537. The molecule has 0 spiro atoms. The Hall–Kier alpha value is -1.10. The van der Waals surface area contributed by atoms with E-state index in [9.17, 15) is 9.59 Å². The summed E-state index contributed by atoms with van der Waals surface area (Å²) in [4.78, 5) is 22.3. The van der Waals surface area contributed by atoms with Crippen LogP contribution in [0.15, 0.2) is 0 Å². The number of nitrogens with one attached hydrogen (secondary N) is 1. The number of carboxylic acid groups (broad SMARTS) is 1. The van der Waals surface area contributed by atoms with E-state index in [1.165, 1.54) is 0 Å². The first-order valence-electron chi connectivity index (χ1n) is 6.25. The molecular weight excluding hydrogens is 220 g/mol. The zero-order valence-electron chi connectivity index (χ0n) is 10.3. The minimum Gasteiger partial charge on any atom is -0.481 e. The van der Waals surface area contributed by atoms with Crippen LogP contribution in [0.25, 0.3) is 0 Å². The Bertz CT molecular complexity index is 275. The largest absolute Gasteiger partial charge is 0.481 e. The first-order chi connectivity index (χ1) is 7.99. The van der Waals surface area contributed by atoms with Gasteiger partial charge in [-0.1, -0.05) is 0 Å². The normalized spacial score (nSPS) is 18.5. The van der Waals surface area contributed by atoms with Gasteiger partial charge < -0.3 is 16.2 Å². The number of rotatable bonds is 8. The Morgan fingerprint density at radius 3 is 2.59 bits per heavy atom. The third kappa shape index (κ3) is 6.26. The zero-order valence-corrected chi connectivity index (χ0v) is 10.3. The van der Waals surface area contributed by atoms with Crippen LogP contribution in [0.2, 0.25) is 0 Å². The molecular formula is C12H22N2O3. The minimum atomic E-state index is -0.849. The second kappa shape index (κ2) is 6.59. The monoisotopic (exact) mass is 242 g/mol. The fourth-order valence-corrected chi connectivity index (χ4v) is 1.89. The summed E-state index contributed by atoms with van der Waals surface area (Å²) in [6, 6.07) is -0.0728. The van der Waals surface area contributed by atoms with E-state index in [1.54, 1.807) is 0 Å². The maximum atomic E-state index is 11.6. The molecule has 98 valence electrons. The summed E-state index contributed by atoms with van der Waals surface area (Å²) in [5, 5.41) is 11.6. The number of hydrogen-bond donors (Lipinski definition) is 3. The molecule has 0 aromatic rings. The lowest BCUT2D eigenvalue weighted by atomic mass is 10.1. The third-order valence-corrected chi connectivity index (χ3v) is 3.00. The van der Waals surface area contributed by atoms with Crippen LogP contribution in [-0.2, 0) is 9.59 Å². The van der Waals surface area contributed by atoms with Gasteiger partial charge in [-0.15, -0.1) is 0 Å². The van der Waals surface area contributed by atoms with E-state index in [0.29, 0.717) is 12.3 Å². The Balaban J connectivity index is 2.24. The SMILES string of the molecule is CC(N)CCCC(=O)NC(CC(=O)O)C1CC1. The maximum absolute atomic E-state index is 11.6. The second-order valence-electron chi connectivity index (χ2n) is 4.98. The molecule has 0 bridgehead atoms. The fraction of sp³-hybridized carbons (Fsp3) is 0.833. The van der Waals surface area contributed by atoms with Gasteiger partial charge in [-0.25, -0.2) is 0 Å². The van der Waals surface area contributed by atoms with Crippen LogP contribution in [0.1, 0.15) is 45.4 Å². The van der Waals surface area contributed by atoms with Crippen molar-refractivity contribution < 1.29 is 14.7 Å². The molecule has 1 aliphatic carbocycles. The lowest BCUT2D eigenvalue weighted by Gasteiger charge is -2.16. The lowest BCUT2D eigenvalue weighted by molar-refractivity contribution is -0.137. The summed E-state index contributed by atoms with van der Waals surface area (Å²) in [6.07, 6.45) is 4.10. The van der Waals surface area contributed by atoms with Crippen molar-refractivity contribution in [2.24, 2.45) is 11.7 Å². The highest BCUT2D eigenvalue weighted by Gasteiger charge is 2.33. The van der Waals surface area contributed by atoms with Crippen molar-refractivity contribution in [3.8, 4) is 0 Å². The van der Waals surface area contributed by atoms with E-state index >= 15 is 0 Å². The lowest BCUT2D eigenvalue weighted by Crippen LogP contribution is -2.38. The zero-order chi connectivity index (χ0) is 12.8. The molecule has 17 heavy (non-hydrogen) atoms. The van der Waals surface area contributed by atoms with Crippen molar-refractivity contribution in [2.45, 2.75) is 57.5 Å². The number of carbonyl (C=O) groups is 2. The Labute approximate surface area is 102 Å². The number of carbonyl (C=O) groups excluding carboxylic acids is 1. The van der Waals surface area contributed by atoms with Gasteiger partial charge in [-0.3, -0.25) is 9.59 Å². The van der Waals surface area contributed by atoms with Crippen LogP contribution in [0.5, 0.6) is 0 Å². The molecule has 4 N–H and O–H groups in total. The van der Waals surface area contributed by atoms with Crippen molar-refractivity contribution in [1.29, 1.82) is 0 Å². The van der Waals surface area contributed by atoms with Gasteiger partial charge in [0.1, 0.15) is 0 Å². The number of hydrogen-bond acceptors (Lipinski definition) is 3. The van der Waals surface area contributed by atoms with Crippen molar-refractivity contribution >= 4 is 11.9 Å². The van der Waals surface area contributed by atoms with Crippen LogP contribution in [0, 0.1) is 5.92 Å². The van der Waals surface area contributed by atoms with Gasteiger partial charge in [0.05, 0.1) is 6.42 Å². The van der Waals surface area contributed by atoms with Gasteiger partial charge in [-0.05, 0) is 38.5 Å². The molecule has 5 heteroatoms. The topological polar surface area (TPSA) is 92.4 Å². The second-order valence-corrected chi connectivity index (χ2v) is 4.98. The molecule has 0 radical (unpaired) electrons. The Morgan fingerprint density at radius 1 is 1.47 bits per heavy atom. The third-order valence-electron chi connectivity index (χ3n) is 3.00. The number of carboxylic acids is 1. The maximum Gasteiger partial charge on any atom is 0.305 e. The molecule has 1 fully saturated rings. The average Bonchev–Trinajstić information content (AvgIpc) is 2.98. The molecule has 0 aliphatic heterocycles. The molecule has 0 aromatic carbocycles. The first kappa shape index (κ1) is 14.0. The highest BCUT2D eigenvalue weighted by Crippen LogP contribution is 2.34. The predicted molar refractivity (Wildman–Crippen MR) is 64.4 cm³/mol. The summed E-state index contributed by atoms with van der Waals surface area (Å²) in [5.41, 5.74) is 5.59.